The lowest BCUT2D eigenvalue weighted by atomic mass is 9.95. The van der Waals surface area contributed by atoms with Gasteiger partial charge in [0.1, 0.15) is 5.01 Å². The molecule has 1 amide bonds. The number of aromatic nitrogens is 3. The molecule has 7 heteroatoms. The second-order valence-corrected chi connectivity index (χ2v) is 7.50. The highest BCUT2D eigenvalue weighted by Crippen LogP contribution is 2.24. The Bertz CT molecular complexity index is 839. The summed E-state index contributed by atoms with van der Waals surface area (Å²) in [5.74, 6) is 0.180. The monoisotopic (exact) mass is 367 g/mol. The molecule has 3 heterocycles. The number of piperidine rings is 1. The number of carbonyl (C=O) groups is 1. The number of hydrogen-bond donors (Lipinski definition) is 2. The van der Waals surface area contributed by atoms with Gasteiger partial charge < -0.3 is 5.32 Å². The lowest BCUT2D eigenvalue weighted by Gasteiger charge is -2.30. The maximum absolute atomic E-state index is 12.6. The van der Waals surface area contributed by atoms with E-state index in [0.717, 1.165) is 54.4 Å². The topological polar surface area (TPSA) is 73.9 Å². The Morgan fingerprint density at radius 3 is 2.88 bits per heavy atom. The van der Waals surface area contributed by atoms with Gasteiger partial charge in [-0.3, -0.25) is 14.8 Å². The minimum Gasteiger partial charge on any atom is -0.326 e. The van der Waals surface area contributed by atoms with Gasteiger partial charge in [-0.2, -0.15) is 5.10 Å². The van der Waals surface area contributed by atoms with E-state index in [-0.39, 0.29) is 11.8 Å². The van der Waals surface area contributed by atoms with Gasteiger partial charge in [-0.15, -0.1) is 11.3 Å². The number of carbonyl (C=O) groups excluding carboxylic acids is 1. The van der Waals surface area contributed by atoms with E-state index in [1.165, 1.54) is 0 Å². The molecule has 0 unspecified atom stereocenters. The summed E-state index contributed by atoms with van der Waals surface area (Å²) >= 11 is 1.69. The van der Waals surface area contributed by atoms with Gasteiger partial charge in [0, 0.05) is 34.9 Å². The molecule has 2 aromatic heterocycles. The van der Waals surface area contributed by atoms with E-state index in [1.54, 1.807) is 17.5 Å². The van der Waals surface area contributed by atoms with Crippen LogP contribution < -0.4 is 5.32 Å². The predicted molar refractivity (Wildman–Crippen MR) is 103 cm³/mol. The number of benzene rings is 1. The standard InChI is InChI=1S/C19H21N5OS/c25-19(14-5-9-24(10-6-14)13-18-20-8-11-26-18)22-16-3-1-2-15(12-16)17-4-7-21-23-17/h1-4,7-8,11-12,14H,5-6,9-10,13H2,(H,21,23)(H,22,25). The molecule has 3 aromatic rings. The molecule has 1 saturated heterocycles. The van der Waals surface area contributed by atoms with Crippen molar-refractivity contribution in [3.05, 3.63) is 53.1 Å². The molecule has 1 aromatic carbocycles. The van der Waals surface area contributed by atoms with Gasteiger partial charge in [0.05, 0.1) is 12.2 Å². The van der Waals surface area contributed by atoms with Crippen LogP contribution in [0.5, 0.6) is 0 Å². The molecule has 1 aliphatic heterocycles. The minimum absolute atomic E-state index is 0.0679. The molecule has 26 heavy (non-hydrogen) atoms. The van der Waals surface area contributed by atoms with E-state index < -0.39 is 0 Å². The van der Waals surface area contributed by atoms with Crippen LogP contribution in [0.15, 0.2) is 48.1 Å². The van der Waals surface area contributed by atoms with E-state index in [2.05, 4.69) is 25.4 Å². The van der Waals surface area contributed by atoms with Gasteiger partial charge in [-0.05, 0) is 44.1 Å². The lowest BCUT2D eigenvalue weighted by Crippen LogP contribution is -2.37. The number of anilines is 1. The molecule has 1 fully saturated rings. The Labute approximate surface area is 156 Å². The molecular formula is C19H21N5OS. The van der Waals surface area contributed by atoms with E-state index in [0.29, 0.717) is 0 Å². The van der Waals surface area contributed by atoms with Gasteiger partial charge in [0.15, 0.2) is 0 Å². The normalized spacial score (nSPS) is 15.8. The molecule has 4 rings (SSSR count). The van der Waals surface area contributed by atoms with Gasteiger partial charge in [-0.25, -0.2) is 4.98 Å². The van der Waals surface area contributed by atoms with Crippen LogP contribution in [0.1, 0.15) is 17.8 Å². The Balaban J connectivity index is 1.32. The number of hydrogen-bond acceptors (Lipinski definition) is 5. The summed E-state index contributed by atoms with van der Waals surface area (Å²) in [5.41, 5.74) is 2.78. The van der Waals surface area contributed by atoms with Crippen molar-refractivity contribution in [2.75, 3.05) is 18.4 Å². The predicted octanol–water partition coefficient (Wildman–Crippen LogP) is 3.38. The highest BCUT2D eigenvalue weighted by molar-refractivity contribution is 7.09. The molecule has 0 spiro atoms. The summed E-state index contributed by atoms with van der Waals surface area (Å²) in [7, 11) is 0. The molecule has 134 valence electrons. The van der Waals surface area contributed by atoms with Crippen LogP contribution in [0.3, 0.4) is 0 Å². The van der Waals surface area contributed by atoms with Crippen molar-refractivity contribution < 1.29 is 4.79 Å². The second-order valence-electron chi connectivity index (χ2n) is 6.52. The van der Waals surface area contributed by atoms with Gasteiger partial charge in [-0.1, -0.05) is 12.1 Å². The van der Waals surface area contributed by atoms with Crippen LogP contribution in [-0.4, -0.2) is 39.1 Å². The minimum atomic E-state index is 0.0679. The summed E-state index contributed by atoms with van der Waals surface area (Å²) in [6, 6.07) is 9.76. The van der Waals surface area contributed by atoms with Gasteiger partial charge in [0.25, 0.3) is 0 Å². The van der Waals surface area contributed by atoms with Crippen molar-refractivity contribution in [2.45, 2.75) is 19.4 Å². The van der Waals surface area contributed by atoms with Crippen molar-refractivity contribution in [3.63, 3.8) is 0 Å². The first-order valence-corrected chi connectivity index (χ1v) is 9.67. The van der Waals surface area contributed by atoms with Crippen LogP contribution in [0.4, 0.5) is 5.69 Å². The van der Waals surface area contributed by atoms with Crippen molar-refractivity contribution in [1.29, 1.82) is 0 Å². The third-order valence-electron chi connectivity index (χ3n) is 4.74. The zero-order valence-corrected chi connectivity index (χ0v) is 15.2. The largest absolute Gasteiger partial charge is 0.326 e. The highest BCUT2D eigenvalue weighted by Gasteiger charge is 2.25. The van der Waals surface area contributed by atoms with Crippen LogP contribution in [0.2, 0.25) is 0 Å². The maximum Gasteiger partial charge on any atom is 0.227 e. The van der Waals surface area contributed by atoms with E-state index in [1.807, 2.05) is 41.9 Å². The van der Waals surface area contributed by atoms with Gasteiger partial charge >= 0.3 is 0 Å². The van der Waals surface area contributed by atoms with Crippen LogP contribution in [0, 0.1) is 5.92 Å². The number of aromatic amines is 1. The SMILES string of the molecule is O=C(Nc1cccc(-c2ccn[nH]2)c1)C1CCN(Cc2nccs2)CC1. The molecule has 2 N–H and O–H groups in total. The number of nitrogens with zero attached hydrogens (tertiary/aromatic N) is 3. The third kappa shape index (κ3) is 4.00. The number of likely N-dealkylation sites (tertiary alicyclic amines) is 1. The molecule has 0 atom stereocenters. The highest BCUT2D eigenvalue weighted by atomic mass is 32.1. The second kappa shape index (κ2) is 7.80. The van der Waals surface area contributed by atoms with Crippen molar-refractivity contribution in [3.8, 4) is 11.3 Å². The van der Waals surface area contributed by atoms with Crippen molar-refractivity contribution in [2.24, 2.45) is 5.92 Å². The number of rotatable bonds is 5. The summed E-state index contributed by atoms with van der Waals surface area (Å²) in [4.78, 5) is 19.3. The molecule has 0 bridgehead atoms. The fourth-order valence-electron chi connectivity index (χ4n) is 3.30. The number of thiazole rings is 1. The maximum atomic E-state index is 12.6. The zero-order chi connectivity index (χ0) is 17.8. The number of amides is 1. The van der Waals surface area contributed by atoms with Gasteiger partial charge in [0.2, 0.25) is 5.91 Å². The molecular weight excluding hydrogens is 346 g/mol. The molecule has 6 nitrogen and oxygen atoms in total. The quantitative estimate of drug-likeness (QED) is 0.725. The first-order valence-electron chi connectivity index (χ1n) is 8.79. The number of H-pyrrole nitrogens is 1. The summed E-state index contributed by atoms with van der Waals surface area (Å²) in [6.45, 7) is 2.76. The Morgan fingerprint density at radius 1 is 1.27 bits per heavy atom. The van der Waals surface area contributed by atoms with Crippen LogP contribution >= 0.6 is 11.3 Å². The first kappa shape index (κ1) is 16.9. The first-order chi connectivity index (χ1) is 12.8. The zero-order valence-electron chi connectivity index (χ0n) is 14.4. The molecule has 0 aliphatic carbocycles. The fourth-order valence-corrected chi connectivity index (χ4v) is 3.96. The smallest absolute Gasteiger partial charge is 0.227 e. The average Bonchev–Trinajstić information content (AvgIpc) is 3.37. The molecule has 0 saturated carbocycles. The Hall–Kier alpha value is -2.51. The van der Waals surface area contributed by atoms with E-state index in [4.69, 9.17) is 0 Å². The third-order valence-corrected chi connectivity index (χ3v) is 5.51. The van der Waals surface area contributed by atoms with E-state index in [9.17, 15) is 4.79 Å². The molecule has 1 aliphatic rings. The van der Waals surface area contributed by atoms with Crippen LogP contribution in [-0.2, 0) is 11.3 Å². The Morgan fingerprint density at radius 2 is 2.15 bits per heavy atom. The summed E-state index contributed by atoms with van der Waals surface area (Å²) in [5, 5.41) is 13.1. The lowest BCUT2D eigenvalue weighted by molar-refractivity contribution is -0.121. The van der Waals surface area contributed by atoms with Crippen molar-refractivity contribution in [1.82, 2.24) is 20.1 Å². The van der Waals surface area contributed by atoms with E-state index >= 15 is 0 Å². The molecule has 0 radical (unpaired) electrons. The fraction of sp³-hybridized carbons (Fsp3) is 0.316. The average molecular weight is 367 g/mol. The number of nitrogens with one attached hydrogen (secondary N) is 2. The van der Waals surface area contributed by atoms with Crippen LogP contribution in [0.25, 0.3) is 11.3 Å². The summed E-state index contributed by atoms with van der Waals surface area (Å²) in [6.07, 6.45) is 5.34. The Kier molecular flexibility index (Phi) is 5.08. The van der Waals surface area contributed by atoms with Crippen molar-refractivity contribution >= 4 is 22.9 Å². The summed E-state index contributed by atoms with van der Waals surface area (Å²) < 4.78 is 0.